The van der Waals surface area contributed by atoms with E-state index in [0.717, 1.165) is 53.5 Å². The van der Waals surface area contributed by atoms with Gasteiger partial charge in [-0.05, 0) is 48.7 Å². The van der Waals surface area contributed by atoms with E-state index in [-0.39, 0.29) is 11.9 Å². The fourth-order valence-electron chi connectivity index (χ4n) is 4.03. The Morgan fingerprint density at radius 3 is 2.69 bits per heavy atom. The van der Waals surface area contributed by atoms with Crippen molar-refractivity contribution in [2.75, 3.05) is 18.4 Å². The molecule has 1 amide bonds. The lowest BCUT2D eigenvalue weighted by Gasteiger charge is -2.32. The largest absolute Gasteiger partial charge is 0.349 e. The minimum Gasteiger partial charge on any atom is -0.349 e. The number of benzene rings is 2. The summed E-state index contributed by atoms with van der Waals surface area (Å²) >= 11 is 1.53. The number of carbonyl (C=O) groups excluding carboxylic acids is 1. The van der Waals surface area contributed by atoms with Gasteiger partial charge in [-0.25, -0.2) is 4.98 Å². The van der Waals surface area contributed by atoms with E-state index in [1.54, 1.807) is 12.4 Å². The summed E-state index contributed by atoms with van der Waals surface area (Å²) in [6.07, 6.45) is 5.44. The van der Waals surface area contributed by atoms with Gasteiger partial charge in [0, 0.05) is 37.4 Å². The second kappa shape index (κ2) is 9.46. The number of likely N-dealkylation sites (tertiary alicyclic amines) is 1. The van der Waals surface area contributed by atoms with E-state index >= 15 is 0 Å². The Morgan fingerprint density at radius 1 is 1.06 bits per heavy atom. The first kappa shape index (κ1) is 20.6. The third-order valence-electron chi connectivity index (χ3n) is 5.74. The first-order valence-corrected chi connectivity index (χ1v) is 11.7. The summed E-state index contributed by atoms with van der Waals surface area (Å²) in [5, 5.41) is 7.28. The van der Waals surface area contributed by atoms with Gasteiger partial charge in [-0.1, -0.05) is 41.7 Å². The van der Waals surface area contributed by atoms with Crippen molar-refractivity contribution in [2.24, 2.45) is 0 Å². The third-order valence-corrected chi connectivity index (χ3v) is 6.67. The predicted octanol–water partition coefficient (Wildman–Crippen LogP) is 4.83. The van der Waals surface area contributed by atoms with E-state index < -0.39 is 0 Å². The molecule has 0 radical (unpaired) electrons. The number of nitrogens with zero attached hydrogens (tertiary/aromatic N) is 3. The molecular formula is C25H25N5OS. The SMILES string of the molecule is O=C(NC1CCN(Cc2ccccc2)CC1)c1ccc2nc(Nc3cccnc3)sc2c1. The number of pyridine rings is 1. The second-order valence-electron chi connectivity index (χ2n) is 8.08. The zero-order valence-corrected chi connectivity index (χ0v) is 18.5. The smallest absolute Gasteiger partial charge is 0.251 e. The molecule has 1 saturated heterocycles. The molecule has 2 aromatic carbocycles. The van der Waals surface area contributed by atoms with E-state index in [1.807, 2.05) is 36.4 Å². The van der Waals surface area contributed by atoms with Crippen LogP contribution in [0.5, 0.6) is 0 Å². The fraction of sp³-hybridized carbons (Fsp3) is 0.240. The molecule has 1 aliphatic rings. The molecule has 6 nitrogen and oxygen atoms in total. The normalized spacial score (nSPS) is 15.0. The number of hydrogen-bond donors (Lipinski definition) is 2. The summed E-state index contributed by atoms with van der Waals surface area (Å²) < 4.78 is 0.988. The van der Waals surface area contributed by atoms with Gasteiger partial charge < -0.3 is 10.6 Å². The monoisotopic (exact) mass is 443 g/mol. The van der Waals surface area contributed by atoms with Crippen molar-refractivity contribution in [1.82, 2.24) is 20.2 Å². The van der Waals surface area contributed by atoms with Crippen LogP contribution in [0.4, 0.5) is 10.8 Å². The van der Waals surface area contributed by atoms with Crippen LogP contribution in [0.25, 0.3) is 10.2 Å². The van der Waals surface area contributed by atoms with E-state index in [0.29, 0.717) is 5.56 Å². The average molecular weight is 444 g/mol. The molecule has 0 saturated carbocycles. The van der Waals surface area contributed by atoms with E-state index in [2.05, 4.69) is 49.8 Å². The van der Waals surface area contributed by atoms with E-state index in [4.69, 9.17) is 0 Å². The quantitative estimate of drug-likeness (QED) is 0.447. The van der Waals surface area contributed by atoms with Crippen LogP contribution < -0.4 is 10.6 Å². The van der Waals surface area contributed by atoms with Crippen molar-refractivity contribution in [2.45, 2.75) is 25.4 Å². The number of nitrogens with one attached hydrogen (secondary N) is 2. The molecule has 4 aromatic rings. The molecule has 5 rings (SSSR count). The molecule has 0 atom stereocenters. The molecule has 0 bridgehead atoms. The maximum atomic E-state index is 12.9. The number of rotatable bonds is 6. The molecule has 2 aromatic heterocycles. The highest BCUT2D eigenvalue weighted by atomic mass is 32.1. The number of anilines is 2. The molecule has 162 valence electrons. The van der Waals surface area contributed by atoms with Gasteiger partial charge in [0.25, 0.3) is 5.91 Å². The summed E-state index contributed by atoms with van der Waals surface area (Å²) in [7, 11) is 0. The minimum atomic E-state index is -0.0106. The van der Waals surface area contributed by atoms with Gasteiger partial charge in [-0.3, -0.25) is 14.7 Å². The number of carbonyl (C=O) groups is 1. The van der Waals surface area contributed by atoms with Gasteiger partial charge in [0.15, 0.2) is 5.13 Å². The van der Waals surface area contributed by atoms with Crippen LogP contribution >= 0.6 is 11.3 Å². The van der Waals surface area contributed by atoms with Crippen LogP contribution in [-0.2, 0) is 6.54 Å². The molecule has 0 aliphatic carbocycles. The van der Waals surface area contributed by atoms with E-state index in [1.165, 1.54) is 16.9 Å². The van der Waals surface area contributed by atoms with Crippen molar-refractivity contribution in [3.05, 3.63) is 84.2 Å². The summed E-state index contributed by atoms with van der Waals surface area (Å²) in [4.78, 5) is 24.0. The molecule has 0 unspecified atom stereocenters. The van der Waals surface area contributed by atoms with Crippen LogP contribution in [0.1, 0.15) is 28.8 Å². The fourth-order valence-corrected chi connectivity index (χ4v) is 4.95. The van der Waals surface area contributed by atoms with Gasteiger partial charge in [0.2, 0.25) is 0 Å². The number of aromatic nitrogens is 2. The minimum absolute atomic E-state index is 0.0106. The highest BCUT2D eigenvalue weighted by Crippen LogP contribution is 2.29. The second-order valence-corrected chi connectivity index (χ2v) is 9.11. The first-order chi connectivity index (χ1) is 15.7. The number of fused-ring (bicyclic) bond motifs is 1. The zero-order chi connectivity index (χ0) is 21.8. The standard InChI is InChI=1S/C25H25N5OS/c31-24(27-20-10-13-30(14-11-20)17-18-5-2-1-3-6-18)19-8-9-22-23(15-19)32-25(29-22)28-21-7-4-12-26-16-21/h1-9,12,15-16,20H,10-11,13-14,17H2,(H,27,31)(H,28,29). The highest BCUT2D eigenvalue weighted by Gasteiger charge is 2.21. The number of piperidine rings is 1. The Labute approximate surface area is 191 Å². The Morgan fingerprint density at radius 2 is 1.91 bits per heavy atom. The van der Waals surface area contributed by atoms with Crippen LogP contribution in [0.15, 0.2) is 73.1 Å². The maximum absolute atomic E-state index is 12.9. The lowest BCUT2D eigenvalue weighted by atomic mass is 10.0. The van der Waals surface area contributed by atoms with Crippen molar-refractivity contribution in [3.8, 4) is 0 Å². The Bertz CT molecular complexity index is 1190. The van der Waals surface area contributed by atoms with Crippen LogP contribution in [0.2, 0.25) is 0 Å². The summed E-state index contributed by atoms with van der Waals surface area (Å²) in [5.74, 6) is -0.0106. The third kappa shape index (κ3) is 4.95. The maximum Gasteiger partial charge on any atom is 0.251 e. The summed E-state index contributed by atoms with van der Waals surface area (Å²) in [6.45, 7) is 2.97. The molecular weight excluding hydrogens is 418 g/mol. The molecule has 3 heterocycles. The summed E-state index contributed by atoms with van der Waals surface area (Å²) in [5.41, 5.74) is 3.79. The summed E-state index contributed by atoms with van der Waals surface area (Å²) in [6, 6.07) is 20.3. The number of amides is 1. The molecule has 2 N–H and O–H groups in total. The Kier molecular flexibility index (Phi) is 6.09. The van der Waals surface area contributed by atoms with Gasteiger partial charge in [0.1, 0.15) is 0 Å². The van der Waals surface area contributed by atoms with E-state index in [9.17, 15) is 4.79 Å². The molecule has 32 heavy (non-hydrogen) atoms. The van der Waals surface area contributed by atoms with Crippen molar-refractivity contribution in [3.63, 3.8) is 0 Å². The molecule has 7 heteroatoms. The lowest BCUT2D eigenvalue weighted by Crippen LogP contribution is -2.44. The van der Waals surface area contributed by atoms with Crippen molar-refractivity contribution < 1.29 is 4.79 Å². The molecule has 0 spiro atoms. The van der Waals surface area contributed by atoms with Crippen LogP contribution in [-0.4, -0.2) is 39.9 Å². The molecule has 1 fully saturated rings. The van der Waals surface area contributed by atoms with Crippen molar-refractivity contribution in [1.29, 1.82) is 0 Å². The van der Waals surface area contributed by atoms with Crippen LogP contribution in [0.3, 0.4) is 0 Å². The molecule has 1 aliphatic heterocycles. The zero-order valence-electron chi connectivity index (χ0n) is 17.7. The highest BCUT2D eigenvalue weighted by molar-refractivity contribution is 7.22. The van der Waals surface area contributed by atoms with Gasteiger partial charge in [-0.2, -0.15) is 0 Å². The number of thiazole rings is 1. The lowest BCUT2D eigenvalue weighted by molar-refractivity contribution is 0.0909. The van der Waals surface area contributed by atoms with Crippen LogP contribution in [0, 0.1) is 0 Å². The van der Waals surface area contributed by atoms with Gasteiger partial charge in [-0.15, -0.1) is 0 Å². The van der Waals surface area contributed by atoms with Gasteiger partial charge in [0.05, 0.1) is 22.1 Å². The topological polar surface area (TPSA) is 70.2 Å². The Balaban J connectivity index is 1.18. The average Bonchev–Trinajstić information content (AvgIpc) is 3.23. The predicted molar refractivity (Wildman–Crippen MR) is 129 cm³/mol. The number of hydrogen-bond acceptors (Lipinski definition) is 6. The first-order valence-electron chi connectivity index (χ1n) is 10.9. The van der Waals surface area contributed by atoms with Crippen molar-refractivity contribution >= 4 is 38.3 Å². The Hall–Kier alpha value is -3.29. The van der Waals surface area contributed by atoms with Gasteiger partial charge >= 0.3 is 0 Å².